The lowest BCUT2D eigenvalue weighted by atomic mass is 10.2. The van der Waals surface area contributed by atoms with Crippen molar-refractivity contribution < 1.29 is 8.85 Å². The SMILES string of the molecule is CO[SiH](CCCCCN(C)[Si](C)(C)C(C)(C)C)OC. The lowest BCUT2D eigenvalue weighted by Gasteiger charge is -2.44. The molecule has 0 aromatic rings. The quantitative estimate of drug-likeness (QED) is 0.480. The molecule has 0 saturated carbocycles. The summed E-state index contributed by atoms with van der Waals surface area (Å²) in [4.78, 5) is 0. The predicted molar refractivity (Wildman–Crippen MR) is 89.7 cm³/mol. The molecule has 116 valence electrons. The Morgan fingerprint density at radius 1 is 1.00 bits per heavy atom. The van der Waals surface area contributed by atoms with Crippen LogP contribution in [0.1, 0.15) is 40.0 Å². The first kappa shape index (κ1) is 19.3. The van der Waals surface area contributed by atoms with Crippen LogP contribution >= 0.6 is 0 Å². The van der Waals surface area contributed by atoms with Gasteiger partial charge in [0.2, 0.25) is 0 Å². The molecule has 19 heavy (non-hydrogen) atoms. The molecular formula is C14H35NO2Si2. The first-order chi connectivity index (χ1) is 8.66. The largest absolute Gasteiger partial charge is 0.400 e. The van der Waals surface area contributed by atoms with Crippen LogP contribution in [0.2, 0.25) is 24.2 Å². The van der Waals surface area contributed by atoms with E-state index in [0.29, 0.717) is 5.04 Å². The van der Waals surface area contributed by atoms with Gasteiger partial charge < -0.3 is 13.4 Å². The fraction of sp³-hybridized carbons (Fsp3) is 1.00. The zero-order valence-electron chi connectivity index (χ0n) is 14.4. The number of rotatable bonds is 9. The summed E-state index contributed by atoms with van der Waals surface area (Å²) in [6.45, 7) is 13.3. The molecule has 0 saturated heterocycles. The van der Waals surface area contributed by atoms with Crippen molar-refractivity contribution in [2.24, 2.45) is 0 Å². The highest BCUT2D eigenvalue weighted by atomic mass is 28.3. The summed E-state index contributed by atoms with van der Waals surface area (Å²) in [7, 11) is 3.21. The van der Waals surface area contributed by atoms with Crippen molar-refractivity contribution in [2.45, 2.75) is 64.2 Å². The van der Waals surface area contributed by atoms with Crippen LogP contribution in [0.4, 0.5) is 0 Å². The molecule has 0 aliphatic heterocycles. The fourth-order valence-corrected chi connectivity index (χ4v) is 5.17. The molecular weight excluding hydrogens is 270 g/mol. The van der Waals surface area contributed by atoms with Crippen molar-refractivity contribution in [3.05, 3.63) is 0 Å². The van der Waals surface area contributed by atoms with Crippen LogP contribution in [0.5, 0.6) is 0 Å². The third kappa shape index (κ3) is 6.53. The second-order valence-corrected chi connectivity index (χ2v) is 14.7. The number of hydrogen-bond acceptors (Lipinski definition) is 3. The van der Waals surface area contributed by atoms with Crippen molar-refractivity contribution in [1.82, 2.24) is 4.57 Å². The summed E-state index contributed by atoms with van der Waals surface area (Å²) < 4.78 is 13.3. The number of unbranched alkanes of at least 4 members (excludes halogenated alkanes) is 2. The van der Waals surface area contributed by atoms with Crippen molar-refractivity contribution >= 4 is 17.5 Å². The summed E-state index contributed by atoms with van der Waals surface area (Å²) in [5.74, 6) is 0. The lowest BCUT2D eigenvalue weighted by Crippen LogP contribution is -2.53. The van der Waals surface area contributed by atoms with Crippen LogP contribution < -0.4 is 0 Å². The zero-order chi connectivity index (χ0) is 15.1. The predicted octanol–water partition coefficient (Wildman–Crippen LogP) is 3.61. The van der Waals surface area contributed by atoms with E-state index in [4.69, 9.17) is 8.85 Å². The van der Waals surface area contributed by atoms with Gasteiger partial charge in [-0.25, -0.2) is 0 Å². The van der Waals surface area contributed by atoms with Gasteiger partial charge in [-0.1, -0.05) is 46.7 Å². The van der Waals surface area contributed by atoms with E-state index in [1.54, 1.807) is 14.2 Å². The van der Waals surface area contributed by atoms with E-state index in [0.717, 1.165) is 6.04 Å². The molecule has 3 nitrogen and oxygen atoms in total. The highest BCUT2D eigenvalue weighted by Gasteiger charge is 2.38. The van der Waals surface area contributed by atoms with E-state index in [9.17, 15) is 0 Å². The third-order valence-electron chi connectivity index (χ3n) is 4.75. The highest BCUT2D eigenvalue weighted by molar-refractivity contribution is 6.77. The van der Waals surface area contributed by atoms with Crippen molar-refractivity contribution in [2.75, 3.05) is 27.8 Å². The Labute approximate surface area is 123 Å². The normalized spacial score (nSPS) is 13.6. The van der Waals surface area contributed by atoms with E-state index < -0.39 is 17.5 Å². The van der Waals surface area contributed by atoms with Crippen molar-refractivity contribution in [1.29, 1.82) is 0 Å². The molecule has 0 unspecified atom stereocenters. The Hall–Kier alpha value is 0.314. The molecule has 0 fully saturated rings. The smallest absolute Gasteiger partial charge is 0.320 e. The highest BCUT2D eigenvalue weighted by Crippen LogP contribution is 2.37. The maximum absolute atomic E-state index is 5.34. The summed E-state index contributed by atoms with van der Waals surface area (Å²) in [6.07, 6.45) is 3.82. The summed E-state index contributed by atoms with van der Waals surface area (Å²) in [5, 5.41) is 0.436. The first-order valence-corrected chi connectivity index (χ1v) is 12.1. The fourth-order valence-electron chi connectivity index (χ4n) is 2.02. The van der Waals surface area contributed by atoms with E-state index in [1.807, 2.05) is 0 Å². The minimum atomic E-state index is -1.33. The summed E-state index contributed by atoms with van der Waals surface area (Å²) >= 11 is 0. The number of nitrogens with zero attached hydrogens (tertiary/aromatic N) is 1. The zero-order valence-corrected chi connectivity index (χ0v) is 16.5. The van der Waals surface area contributed by atoms with Crippen LogP contribution in [0.25, 0.3) is 0 Å². The van der Waals surface area contributed by atoms with E-state index in [-0.39, 0.29) is 0 Å². The molecule has 0 amide bonds. The van der Waals surface area contributed by atoms with Crippen LogP contribution in [0.3, 0.4) is 0 Å². The van der Waals surface area contributed by atoms with Crippen LogP contribution in [-0.2, 0) is 8.85 Å². The van der Waals surface area contributed by atoms with Crippen LogP contribution in [0.15, 0.2) is 0 Å². The van der Waals surface area contributed by atoms with Gasteiger partial charge in [0.05, 0.1) is 0 Å². The van der Waals surface area contributed by atoms with Gasteiger partial charge in [-0.3, -0.25) is 0 Å². The standard InChI is InChI=1S/C14H35NO2Si2/c1-14(2,3)19(7,8)15(4)12-10-9-11-13-18(16-5)17-6/h18H,9-13H2,1-8H3. The van der Waals surface area contributed by atoms with Gasteiger partial charge in [-0.2, -0.15) is 0 Å². The van der Waals surface area contributed by atoms with Gasteiger partial charge in [-0.05, 0) is 31.1 Å². The second kappa shape index (κ2) is 8.57. The Morgan fingerprint density at radius 2 is 1.53 bits per heavy atom. The van der Waals surface area contributed by atoms with Crippen molar-refractivity contribution in [3.63, 3.8) is 0 Å². The van der Waals surface area contributed by atoms with Gasteiger partial charge >= 0.3 is 9.28 Å². The second-order valence-electron chi connectivity index (χ2n) is 6.98. The monoisotopic (exact) mass is 305 g/mol. The van der Waals surface area contributed by atoms with E-state index in [2.05, 4.69) is 45.5 Å². The average Bonchev–Trinajstić information content (AvgIpc) is 2.32. The number of hydrogen-bond donors (Lipinski definition) is 0. The maximum atomic E-state index is 5.34. The van der Waals surface area contributed by atoms with Gasteiger partial charge in [-0.15, -0.1) is 0 Å². The van der Waals surface area contributed by atoms with Crippen molar-refractivity contribution in [3.8, 4) is 0 Å². The molecule has 0 aromatic carbocycles. The van der Waals surface area contributed by atoms with E-state index >= 15 is 0 Å². The van der Waals surface area contributed by atoms with Gasteiger partial charge in [0.15, 0.2) is 0 Å². The Kier molecular flexibility index (Phi) is 8.71. The Balaban J connectivity index is 3.90. The Morgan fingerprint density at radius 3 is 1.95 bits per heavy atom. The summed E-state index contributed by atoms with van der Waals surface area (Å²) in [6, 6.07) is 1.14. The average molecular weight is 306 g/mol. The molecule has 0 aliphatic rings. The van der Waals surface area contributed by atoms with Gasteiger partial charge in [0.1, 0.15) is 8.24 Å². The molecule has 0 spiro atoms. The van der Waals surface area contributed by atoms with Crippen LogP contribution in [-0.4, -0.2) is 49.9 Å². The van der Waals surface area contributed by atoms with Gasteiger partial charge in [0, 0.05) is 14.2 Å². The topological polar surface area (TPSA) is 21.7 Å². The molecule has 5 heteroatoms. The lowest BCUT2D eigenvalue weighted by molar-refractivity contribution is 0.276. The van der Waals surface area contributed by atoms with Crippen LogP contribution in [0, 0.1) is 0 Å². The Bertz CT molecular complexity index is 238. The summed E-state index contributed by atoms with van der Waals surface area (Å²) in [5.41, 5.74) is 0. The molecule has 0 aromatic heterocycles. The molecule has 0 bridgehead atoms. The molecule has 0 atom stereocenters. The minimum absolute atomic E-state index is 0.436. The molecule has 0 heterocycles. The minimum Gasteiger partial charge on any atom is -0.400 e. The van der Waals surface area contributed by atoms with E-state index in [1.165, 1.54) is 25.8 Å². The maximum Gasteiger partial charge on any atom is 0.320 e. The molecule has 0 rings (SSSR count). The van der Waals surface area contributed by atoms with Gasteiger partial charge in [0.25, 0.3) is 0 Å². The molecule has 0 N–H and O–H groups in total. The third-order valence-corrected chi connectivity index (χ3v) is 12.5. The molecule has 0 aliphatic carbocycles. The molecule has 0 radical (unpaired) electrons. The first-order valence-electron chi connectivity index (χ1n) is 7.43.